The summed E-state index contributed by atoms with van der Waals surface area (Å²) < 4.78 is 0. The highest BCUT2D eigenvalue weighted by Crippen LogP contribution is 2.54. The van der Waals surface area contributed by atoms with E-state index in [4.69, 9.17) is 0 Å². The molecule has 0 saturated carbocycles. The van der Waals surface area contributed by atoms with Crippen molar-refractivity contribution in [3.63, 3.8) is 0 Å². The van der Waals surface area contributed by atoms with Crippen LogP contribution < -0.4 is 15.1 Å². The van der Waals surface area contributed by atoms with E-state index in [1.807, 2.05) is 24.3 Å². The molecule has 0 saturated heterocycles. The summed E-state index contributed by atoms with van der Waals surface area (Å²) >= 11 is 1.11. The third kappa shape index (κ3) is 3.29. The van der Waals surface area contributed by atoms with Crippen molar-refractivity contribution < 1.29 is 19.3 Å². The van der Waals surface area contributed by atoms with Gasteiger partial charge in [0.15, 0.2) is 5.17 Å². The molecule has 1 aromatic rings. The van der Waals surface area contributed by atoms with Crippen LogP contribution in [0.15, 0.2) is 29.4 Å². The molecule has 1 atom stereocenters. The molecule has 1 spiro atoms. The second kappa shape index (κ2) is 7.92. The Morgan fingerprint density at radius 1 is 1.21 bits per heavy atom. The van der Waals surface area contributed by atoms with E-state index in [0.717, 1.165) is 42.6 Å². The second-order valence-electron chi connectivity index (χ2n) is 6.84. The fourth-order valence-electron chi connectivity index (χ4n) is 3.66. The number of para-hydroxylation sites is 1. The number of hydrazone groups is 1. The molecule has 150 valence electrons. The van der Waals surface area contributed by atoms with Crippen molar-refractivity contribution >= 4 is 40.3 Å². The number of thioether (sulfide) groups is 1. The van der Waals surface area contributed by atoms with Gasteiger partial charge in [0.2, 0.25) is 16.7 Å². The Labute approximate surface area is 168 Å². The maximum absolute atomic E-state index is 13.6. The highest BCUT2D eigenvalue weighted by Gasteiger charge is 2.61. The number of amides is 3. The molecule has 0 radical (unpaired) electrons. The number of hydrogen-bond donors (Lipinski definition) is 2. The van der Waals surface area contributed by atoms with Crippen LogP contribution in [0.2, 0.25) is 0 Å². The van der Waals surface area contributed by atoms with E-state index < -0.39 is 4.87 Å². The van der Waals surface area contributed by atoms with Gasteiger partial charge >= 0.3 is 0 Å². The van der Waals surface area contributed by atoms with E-state index >= 15 is 0 Å². The second-order valence-corrected chi connectivity index (χ2v) is 8.03. The zero-order chi connectivity index (χ0) is 20.5. The molecule has 28 heavy (non-hydrogen) atoms. The number of quaternary nitrogens is 1. The Hall–Kier alpha value is -2.39. The minimum Gasteiger partial charge on any atom is -0.334 e. The number of benzene rings is 1. The topological polar surface area (TPSA) is 86.5 Å². The molecule has 2 aliphatic heterocycles. The number of hydrogen-bond acceptors (Lipinski definition) is 5. The van der Waals surface area contributed by atoms with Crippen LogP contribution in [0.25, 0.3) is 0 Å². The highest BCUT2D eigenvalue weighted by molar-refractivity contribution is 8.15. The average molecular weight is 405 g/mol. The fraction of sp³-hybridized carbons (Fsp3) is 0.474. The number of carbonyl (C=O) groups excluding carboxylic acids is 3. The normalized spacial score (nSPS) is 20.8. The summed E-state index contributed by atoms with van der Waals surface area (Å²) in [6.45, 7) is 10.3. The zero-order valence-electron chi connectivity index (χ0n) is 16.6. The van der Waals surface area contributed by atoms with Gasteiger partial charge in [0, 0.05) is 19.4 Å². The number of fused-ring (bicyclic) bond motifs is 2. The number of carbonyl (C=O) groups is 3. The lowest BCUT2D eigenvalue weighted by molar-refractivity contribution is -0.894. The van der Waals surface area contributed by atoms with Crippen LogP contribution in [0.3, 0.4) is 0 Å². The van der Waals surface area contributed by atoms with Crippen LogP contribution in [0.4, 0.5) is 5.69 Å². The molecule has 0 aliphatic carbocycles. The summed E-state index contributed by atoms with van der Waals surface area (Å²) in [5.41, 5.74) is 1.51. The molecular formula is C19H26N5O3S+. The number of rotatable bonds is 5. The fourth-order valence-corrected chi connectivity index (χ4v) is 4.99. The Morgan fingerprint density at radius 2 is 1.89 bits per heavy atom. The van der Waals surface area contributed by atoms with Gasteiger partial charge in [0.25, 0.3) is 5.91 Å². The average Bonchev–Trinajstić information content (AvgIpc) is 3.14. The third-order valence-corrected chi connectivity index (χ3v) is 6.34. The quantitative estimate of drug-likeness (QED) is 0.730. The highest BCUT2D eigenvalue weighted by atomic mass is 32.2. The van der Waals surface area contributed by atoms with Crippen LogP contribution in [0.1, 0.15) is 33.3 Å². The molecule has 3 rings (SSSR count). The SMILES string of the molecule is CC[NH+](CC)CCN1C(=O)[C@@]2(SC(NC(C)=O)=NN2C(C)=O)c2ccccc21. The summed E-state index contributed by atoms with van der Waals surface area (Å²) in [6.07, 6.45) is 0. The van der Waals surface area contributed by atoms with E-state index in [-0.39, 0.29) is 22.9 Å². The first kappa shape index (κ1) is 20.3. The van der Waals surface area contributed by atoms with Crippen molar-refractivity contribution in [1.29, 1.82) is 0 Å². The van der Waals surface area contributed by atoms with Gasteiger partial charge in [-0.2, -0.15) is 5.01 Å². The van der Waals surface area contributed by atoms with E-state index in [1.54, 1.807) is 4.90 Å². The molecule has 0 aromatic heterocycles. The monoisotopic (exact) mass is 404 g/mol. The van der Waals surface area contributed by atoms with E-state index in [9.17, 15) is 14.4 Å². The molecule has 1 aromatic carbocycles. The summed E-state index contributed by atoms with van der Waals surface area (Å²) in [5.74, 6) is -0.857. The van der Waals surface area contributed by atoms with Crippen molar-refractivity contribution in [2.75, 3.05) is 31.1 Å². The molecule has 8 nitrogen and oxygen atoms in total. The largest absolute Gasteiger partial charge is 0.334 e. The predicted molar refractivity (Wildman–Crippen MR) is 109 cm³/mol. The lowest BCUT2D eigenvalue weighted by atomic mass is 10.1. The van der Waals surface area contributed by atoms with Crippen LogP contribution >= 0.6 is 11.8 Å². The standard InChI is InChI=1S/C19H25N5O3S/c1-5-22(6-2)11-12-23-16-10-8-7-9-15(16)19(17(23)27)24(14(4)26)21-18(28-19)20-13(3)25/h7-10H,5-6,11-12H2,1-4H3,(H,20,21,25)/p+1/t19-/m0/s1. The maximum Gasteiger partial charge on any atom is 0.271 e. The Balaban J connectivity index is 2.00. The predicted octanol–water partition coefficient (Wildman–Crippen LogP) is 0.113. The van der Waals surface area contributed by atoms with Gasteiger partial charge in [-0.3, -0.25) is 14.4 Å². The van der Waals surface area contributed by atoms with Gasteiger partial charge in [-0.25, -0.2) is 0 Å². The van der Waals surface area contributed by atoms with Crippen LogP contribution in [-0.4, -0.2) is 54.1 Å². The third-order valence-electron chi connectivity index (χ3n) is 5.10. The first-order valence-electron chi connectivity index (χ1n) is 9.46. The van der Waals surface area contributed by atoms with Gasteiger partial charge in [-0.1, -0.05) is 18.2 Å². The van der Waals surface area contributed by atoms with Gasteiger partial charge in [-0.05, 0) is 31.7 Å². The first-order chi connectivity index (χ1) is 13.3. The number of anilines is 1. The minimum atomic E-state index is -1.31. The van der Waals surface area contributed by atoms with Crippen LogP contribution in [0, 0.1) is 0 Å². The number of nitrogens with one attached hydrogen (secondary N) is 2. The van der Waals surface area contributed by atoms with Crippen molar-refractivity contribution in [3.8, 4) is 0 Å². The zero-order valence-corrected chi connectivity index (χ0v) is 17.4. The number of nitrogens with zero attached hydrogens (tertiary/aromatic N) is 3. The van der Waals surface area contributed by atoms with E-state index in [0.29, 0.717) is 6.54 Å². The molecule has 9 heteroatoms. The molecule has 0 bridgehead atoms. The van der Waals surface area contributed by atoms with Gasteiger partial charge < -0.3 is 15.1 Å². The summed E-state index contributed by atoms with van der Waals surface area (Å²) in [7, 11) is 0. The van der Waals surface area contributed by atoms with Gasteiger partial charge in [-0.15, -0.1) is 5.10 Å². The molecule has 2 heterocycles. The molecule has 3 amide bonds. The molecule has 0 unspecified atom stereocenters. The van der Waals surface area contributed by atoms with Crippen molar-refractivity contribution in [3.05, 3.63) is 29.8 Å². The lowest BCUT2D eigenvalue weighted by Crippen LogP contribution is -3.12. The summed E-state index contributed by atoms with van der Waals surface area (Å²) in [4.78, 5) is 39.4. The van der Waals surface area contributed by atoms with Gasteiger partial charge in [0.05, 0.1) is 31.9 Å². The Kier molecular flexibility index (Phi) is 5.76. The molecule has 2 aliphatic rings. The molecule has 2 N–H and O–H groups in total. The number of likely N-dealkylation sites (N-methyl/N-ethyl adjacent to an activating group) is 1. The molecular weight excluding hydrogens is 378 g/mol. The van der Waals surface area contributed by atoms with E-state index in [2.05, 4.69) is 24.3 Å². The van der Waals surface area contributed by atoms with Crippen LogP contribution in [-0.2, 0) is 19.3 Å². The van der Waals surface area contributed by atoms with Gasteiger partial charge in [0.1, 0.15) is 0 Å². The lowest BCUT2D eigenvalue weighted by Gasteiger charge is -2.29. The Morgan fingerprint density at radius 3 is 2.50 bits per heavy atom. The number of amidine groups is 1. The maximum atomic E-state index is 13.6. The van der Waals surface area contributed by atoms with Crippen molar-refractivity contribution in [1.82, 2.24) is 10.3 Å². The first-order valence-corrected chi connectivity index (χ1v) is 10.3. The van der Waals surface area contributed by atoms with Crippen molar-refractivity contribution in [2.24, 2.45) is 5.10 Å². The van der Waals surface area contributed by atoms with Crippen molar-refractivity contribution in [2.45, 2.75) is 32.6 Å². The Bertz CT molecular complexity index is 839. The summed E-state index contributed by atoms with van der Waals surface area (Å²) in [6, 6.07) is 7.49. The smallest absolute Gasteiger partial charge is 0.271 e. The molecule has 0 fully saturated rings. The van der Waals surface area contributed by atoms with Crippen LogP contribution in [0.5, 0.6) is 0 Å². The summed E-state index contributed by atoms with van der Waals surface area (Å²) in [5, 5.41) is 8.33. The van der Waals surface area contributed by atoms with E-state index in [1.165, 1.54) is 23.8 Å². The minimum absolute atomic E-state index is 0.204.